The lowest BCUT2D eigenvalue weighted by atomic mass is 9.99. The monoisotopic (exact) mass is 401 g/mol. The molecule has 5 nitrogen and oxygen atoms in total. The molecule has 1 unspecified atom stereocenters. The van der Waals surface area contributed by atoms with Crippen molar-refractivity contribution in [3.05, 3.63) is 95.4 Å². The van der Waals surface area contributed by atoms with Crippen LogP contribution in [0.4, 0.5) is 5.69 Å². The van der Waals surface area contributed by atoms with Crippen molar-refractivity contribution in [2.24, 2.45) is 0 Å². The van der Waals surface area contributed by atoms with Gasteiger partial charge in [-0.05, 0) is 29.2 Å². The van der Waals surface area contributed by atoms with Crippen molar-refractivity contribution in [1.29, 1.82) is 0 Å². The zero-order chi connectivity index (χ0) is 20.1. The van der Waals surface area contributed by atoms with Crippen LogP contribution in [0.1, 0.15) is 21.3 Å². The number of aromatic nitrogens is 2. The van der Waals surface area contributed by atoms with E-state index in [-0.39, 0.29) is 5.78 Å². The SMILES string of the molecule is COc1cccc(NC(C(=O)c2snnc2-c2ccccc2)c2ccccc2)c1. The van der Waals surface area contributed by atoms with Gasteiger partial charge < -0.3 is 10.1 Å². The molecule has 0 aliphatic carbocycles. The van der Waals surface area contributed by atoms with Gasteiger partial charge in [-0.15, -0.1) is 5.10 Å². The molecule has 0 aliphatic heterocycles. The van der Waals surface area contributed by atoms with E-state index < -0.39 is 6.04 Å². The Kier molecular flexibility index (Phi) is 5.63. The van der Waals surface area contributed by atoms with Crippen LogP contribution in [-0.2, 0) is 0 Å². The van der Waals surface area contributed by atoms with E-state index in [1.165, 1.54) is 0 Å². The standard InChI is InChI=1S/C23H19N3O2S/c1-28-19-14-8-13-18(15-19)24-20(16-9-4-2-5-10-16)22(27)23-21(25-26-29-23)17-11-6-3-7-12-17/h2-15,20,24H,1H3. The molecule has 1 atom stereocenters. The van der Waals surface area contributed by atoms with Crippen LogP contribution in [0.2, 0.25) is 0 Å². The highest BCUT2D eigenvalue weighted by molar-refractivity contribution is 7.08. The molecule has 1 N–H and O–H groups in total. The van der Waals surface area contributed by atoms with Gasteiger partial charge in [-0.1, -0.05) is 71.2 Å². The molecule has 6 heteroatoms. The van der Waals surface area contributed by atoms with E-state index in [0.717, 1.165) is 34.1 Å². The summed E-state index contributed by atoms with van der Waals surface area (Å²) in [5, 5.41) is 7.58. The van der Waals surface area contributed by atoms with Crippen molar-refractivity contribution < 1.29 is 9.53 Å². The smallest absolute Gasteiger partial charge is 0.203 e. The second-order valence-corrected chi connectivity index (χ2v) is 7.16. The second-order valence-electron chi connectivity index (χ2n) is 6.40. The van der Waals surface area contributed by atoms with E-state index in [4.69, 9.17) is 4.74 Å². The van der Waals surface area contributed by atoms with Crippen molar-refractivity contribution >= 4 is 23.0 Å². The van der Waals surface area contributed by atoms with Gasteiger partial charge in [-0.3, -0.25) is 4.79 Å². The van der Waals surface area contributed by atoms with Crippen molar-refractivity contribution in [1.82, 2.24) is 9.59 Å². The third-order valence-electron chi connectivity index (χ3n) is 4.53. The first-order valence-electron chi connectivity index (χ1n) is 9.14. The molecule has 3 aromatic carbocycles. The van der Waals surface area contributed by atoms with Gasteiger partial charge in [0, 0.05) is 17.3 Å². The molecule has 1 aromatic heterocycles. The van der Waals surface area contributed by atoms with Crippen LogP contribution < -0.4 is 10.1 Å². The van der Waals surface area contributed by atoms with Crippen LogP contribution in [0.3, 0.4) is 0 Å². The van der Waals surface area contributed by atoms with Crippen LogP contribution in [-0.4, -0.2) is 22.5 Å². The zero-order valence-electron chi connectivity index (χ0n) is 15.8. The number of Topliss-reactive ketones (excluding diaryl/α,β-unsaturated/α-hetero) is 1. The molecule has 0 radical (unpaired) electrons. The number of nitrogens with one attached hydrogen (secondary N) is 1. The average molecular weight is 401 g/mol. The lowest BCUT2D eigenvalue weighted by Crippen LogP contribution is -2.21. The molecule has 0 saturated heterocycles. The summed E-state index contributed by atoms with van der Waals surface area (Å²) >= 11 is 1.12. The van der Waals surface area contributed by atoms with E-state index in [1.807, 2.05) is 84.9 Å². The molecule has 29 heavy (non-hydrogen) atoms. The lowest BCUT2D eigenvalue weighted by molar-refractivity contribution is 0.0974. The summed E-state index contributed by atoms with van der Waals surface area (Å²) in [6.45, 7) is 0. The van der Waals surface area contributed by atoms with E-state index >= 15 is 0 Å². The van der Waals surface area contributed by atoms with Crippen LogP contribution in [0, 0.1) is 0 Å². The fourth-order valence-corrected chi connectivity index (χ4v) is 3.75. The van der Waals surface area contributed by atoms with Gasteiger partial charge in [0.25, 0.3) is 0 Å². The Hall–Kier alpha value is -3.51. The number of hydrogen-bond acceptors (Lipinski definition) is 6. The topological polar surface area (TPSA) is 64.1 Å². The summed E-state index contributed by atoms with van der Waals surface area (Å²) in [5.41, 5.74) is 3.14. The number of methoxy groups -OCH3 is 1. The molecule has 0 fully saturated rings. The largest absolute Gasteiger partial charge is 0.497 e. The van der Waals surface area contributed by atoms with E-state index in [0.29, 0.717) is 10.6 Å². The van der Waals surface area contributed by atoms with Gasteiger partial charge in [-0.25, -0.2) is 0 Å². The number of benzene rings is 3. The predicted octanol–water partition coefficient (Wildman–Crippen LogP) is 5.25. The molecule has 0 aliphatic rings. The first-order valence-corrected chi connectivity index (χ1v) is 9.91. The fourth-order valence-electron chi connectivity index (χ4n) is 3.09. The van der Waals surface area contributed by atoms with Gasteiger partial charge in [0.1, 0.15) is 22.4 Å². The Morgan fingerprint density at radius 1 is 0.966 bits per heavy atom. The Labute approximate surface area is 173 Å². The summed E-state index contributed by atoms with van der Waals surface area (Å²) in [6, 6.07) is 26.2. The Morgan fingerprint density at radius 2 is 1.69 bits per heavy atom. The highest BCUT2D eigenvalue weighted by Gasteiger charge is 2.27. The average Bonchev–Trinajstić information content (AvgIpc) is 3.28. The third kappa shape index (κ3) is 4.17. The fraction of sp³-hybridized carbons (Fsp3) is 0.0870. The molecule has 1 heterocycles. The first kappa shape index (κ1) is 18.8. The van der Waals surface area contributed by atoms with Crippen molar-refractivity contribution in [2.45, 2.75) is 6.04 Å². The van der Waals surface area contributed by atoms with Gasteiger partial charge >= 0.3 is 0 Å². The number of carbonyl (C=O) groups is 1. The molecule has 144 valence electrons. The van der Waals surface area contributed by atoms with Gasteiger partial charge in [-0.2, -0.15) is 0 Å². The first-order chi connectivity index (χ1) is 14.3. The molecule has 0 spiro atoms. The summed E-state index contributed by atoms with van der Waals surface area (Å²) < 4.78 is 9.36. The number of carbonyl (C=O) groups excluding carboxylic acids is 1. The molecule has 0 saturated carbocycles. The molecule has 0 bridgehead atoms. The molecular formula is C23H19N3O2S. The maximum atomic E-state index is 13.6. The number of anilines is 1. The Balaban J connectivity index is 1.72. The number of ketones is 1. The number of nitrogens with zero attached hydrogens (tertiary/aromatic N) is 2. The highest BCUT2D eigenvalue weighted by Crippen LogP contribution is 2.31. The summed E-state index contributed by atoms with van der Waals surface area (Å²) in [4.78, 5) is 14.1. The van der Waals surface area contributed by atoms with Gasteiger partial charge in [0.2, 0.25) is 5.78 Å². The quantitative estimate of drug-likeness (QED) is 0.429. The summed E-state index contributed by atoms with van der Waals surface area (Å²) in [6.07, 6.45) is 0. The van der Waals surface area contributed by atoms with Gasteiger partial charge in [0.05, 0.1) is 7.11 Å². The maximum Gasteiger partial charge on any atom is 0.203 e. The molecule has 0 amide bonds. The van der Waals surface area contributed by atoms with E-state index in [2.05, 4.69) is 14.9 Å². The van der Waals surface area contributed by atoms with Crippen LogP contribution in [0.5, 0.6) is 5.75 Å². The number of hydrogen-bond donors (Lipinski definition) is 1. The second kappa shape index (κ2) is 8.67. The lowest BCUT2D eigenvalue weighted by Gasteiger charge is -2.19. The van der Waals surface area contributed by atoms with E-state index in [9.17, 15) is 4.79 Å². The molecule has 4 rings (SSSR count). The minimum absolute atomic E-state index is 0.0760. The van der Waals surface area contributed by atoms with E-state index in [1.54, 1.807) is 7.11 Å². The predicted molar refractivity (Wildman–Crippen MR) is 115 cm³/mol. The summed E-state index contributed by atoms with van der Waals surface area (Å²) in [7, 11) is 1.62. The maximum absolute atomic E-state index is 13.6. The van der Waals surface area contributed by atoms with Crippen molar-refractivity contribution in [3.8, 4) is 17.0 Å². The van der Waals surface area contributed by atoms with Crippen molar-refractivity contribution in [3.63, 3.8) is 0 Å². The number of ether oxygens (including phenoxy) is 1. The summed E-state index contributed by atoms with van der Waals surface area (Å²) in [5.74, 6) is 0.645. The van der Waals surface area contributed by atoms with Crippen LogP contribution in [0.15, 0.2) is 84.9 Å². The third-order valence-corrected chi connectivity index (χ3v) is 5.28. The Bertz CT molecular complexity index is 1100. The zero-order valence-corrected chi connectivity index (χ0v) is 16.6. The minimum Gasteiger partial charge on any atom is -0.497 e. The highest BCUT2D eigenvalue weighted by atomic mass is 32.1. The molecular weight excluding hydrogens is 382 g/mol. The normalized spacial score (nSPS) is 11.6. The number of rotatable bonds is 7. The van der Waals surface area contributed by atoms with Crippen molar-refractivity contribution in [2.75, 3.05) is 12.4 Å². The molecule has 4 aromatic rings. The Morgan fingerprint density at radius 3 is 2.41 bits per heavy atom. The van der Waals surface area contributed by atoms with Crippen LogP contribution in [0.25, 0.3) is 11.3 Å². The van der Waals surface area contributed by atoms with Gasteiger partial charge in [0.15, 0.2) is 0 Å². The minimum atomic E-state index is -0.576. The van der Waals surface area contributed by atoms with Crippen LogP contribution >= 0.6 is 11.5 Å².